The van der Waals surface area contributed by atoms with Crippen molar-refractivity contribution in [2.75, 3.05) is 18.5 Å². The number of aromatic amines is 1. The molecule has 2 amide bonds. The largest absolute Gasteiger partial charge is 0.461 e. The van der Waals surface area contributed by atoms with E-state index in [1.807, 2.05) is 0 Å². The number of nitrogens with one attached hydrogen (secondary N) is 2. The molecule has 0 aliphatic heterocycles. The van der Waals surface area contributed by atoms with Gasteiger partial charge in [0, 0.05) is 28.0 Å². The Morgan fingerprint density at radius 3 is 2.62 bits per heavy atom. The molecule has 1 aliphatic rings. The van der Waals surface area contributed by atoms with Gasteiger partial charge in [-0.3, -0.25) is 4.79 Å². The summed E-state index contributed by atoms with van der Waals surface area (Å²) < 4.78 is 5.03. The Labute approximate surface area is 174 Å². The van der Waals surface area contributed by atoms with Gasteiger partial charge in [0.05, 0.1) is 13.2 Å². The molecule has 0 saturated heterocycles. The molecule has 1 fully saturated rings. The summed E-state index contributed by atoms with van der Waals surface area (Å²) in [6.07, 6.45) is 1.71. The number of nitrogens with zero attached hydrogens (tertiary/aromatic N) is 1. The van der Waals surface area contributed by atoms with Crippen LogP contribution in [0, 0.1) is 13.8 Å². The van der Waals surface area contributed by atoms with Gasteiger partial charge in [0.1, 0.15) is 5.69 Å². The van der Waals surface area contributed by atoms with E-state index in [0.29, 0.717) is 27.5 Å². The van der Waals surface area contributed by atoms with Crippen molar-refractivity contribution in [1.29, 1.82) is 0 Å². The number of urea groups is 1. The number of carbonyl (C=O) groups excluding carboxylic acids is 3. The monoisotopic (exact) mass is 417 g/mol. The smallest absolute Gasteiger partial charge is 0.355 e. The number of H-pyrrole nitrogens is 1. The van der Waals surface area contributed by atoms with Crippen molar-refractivity contribution in [3.8, 4) is 0 Å². The van der Waals surface area contributed by atoms with Crippen LogP contribution in [0.2, 0.25) is 5.02 Å². The summed E-state index contributed by atoms with van der Waals surface area (Å²) in [5, 5.41) is 3.31. The molecule has 154 valence electrons. The molecule has 0 spiro atoms. The SMILES string of the molecule is CCOC(=O)c1[nH]c(C)c(C(=O)CN(C(=O)Nc2cccc(Cl)c2)C2CC2)c1C. The first-order valence-electron chi connectivity index (χ1n) is 9.54. The fourth-order valence-electron chi connectivity index (χ4n) is 3.32. The lowest BCUT2D eigenvalue weighted by Gasteiger charge is -2.22. The molecular formula is C21H24ClN3O4. The van der Waals surface area contributed by atoms with E-state index in [1.165, 1.54) is 0 Å². The maximum atomic E-state index is 13.0. The first kappa shape index (κ1) is 20.9. The molecule has 1 aromatic heterocycles. The number of amides is 2. The van der Waals surface area contributed by atoms with E-state index in [2.05, 4.69) is 10.3 Å². The molecular weight excluding hydrogens is 394 g/mol. The average molecular weight is 418 g/mol. The number of hydrogen-bond acceptors (Lipinski definition) is 4. The number of aryl methyl sites for hydroxylation is 1. The third kappa shape index (κ3) is 4.79. The van der Waals surface area contributed by atoms with Gasteiger partial charge in [-0.05, 0) is 57.4 Å². The van der Waals surface area contributed by atoms with Crippen LogP contribution >= 0.6 is 11.6 Å². The van der Waals surface area contributed by atoms with Gasteiger partial charge in [-0.2, -0.15) is 0 Å². The quantitative estimate of drug-likeness (QED) is 0.517. The molecule has 1 aliphatic carbocycles. The normalized spacial score (nSPS) is 13.1. The fraction of sp³-hybridized carbons (Fsp3) is 0.381. The standard InChI is InChI=1S/C21H24ClN3O4/c1-4-29-20(27)19-12(2)18(13(3)23-19)17(26)11-25(16-8-9-16)21(28)24-15-7-5-6-14(22)10-15/h5-7,10,16,23H,4,8-9,11H2,1-3H3,(H,24,28). The van der Waals surface area contributed by atoms with E-state index >= 15 is 0 Å². The van der Waals surface area contributed by atoms with Crippen LogP contribution in [0.25, 0.3) is 0 Å². The summed E-state index contributed by atoms with van der Waals surface area (Å²) in [7, 11) is 0. The van der Waals surface area contributed by atoms with Gasteiger partial charge in [0.15, 0.2) is 5.78 Å². The molecule has 0 bridgehead atoms. The van der Waals surface area contributed by atoms with Crippen molar-refractivity contribution in [1.82, 2.24) is 9.88 Å². The minimum Gasteiger partial charge on any atom is -0.461 e. The molecule has 1 saturated carbocycles. The zero-order valence-electron chi connectivity index (χ0n) is 16.7. The van der Waals surface area contributed by atoms with Crippen molar-refractivity contribution in [3.63, 3.8) is 0 Å². The highest BCUT2D eigenvalue weighted by Gasteiger charge is 2.35. The van der Waals surface area contributed by atoms with E-state index < -0.39 is 5.97 Å². The van der Waals surface area contributed by atoms with Gasteiger partial charge in [-0.25, -0.2) is 9.59 Å². The van der Waals surface area contributed by atoms with Crippen molar-refractivity contribution in [3.05, 3.63) is 51.8 Å². The fourth-order valence-corrected chi connectivity index (χ4v) is 3.51. The van der Waals surface area contributed by atoms with Gasteiger partial charge >= 0.3 is 12.0 Å². The Morgan fingerprint density at radius 2 is 2.00 bits per heavy atom. The minimum atomic E-state index is -0.495. The van der Waals surface area contributed by atoms with Crippen molar-refractivity contribution in [2.45, 2.75) is 39.7 Å². The van der Waals surface area contributed by atoms with E-state index in [1.54, 1.807) is 49.9 Å². The third-order valence-electron chi connectivity index (χ3n) is 4.83. The lowest BCUT2D eigenvalue weighted by atomic mass is 10.1. The molecule has 1 aromatic carbocycles. The van der Waals surface area contributed by atoms with Crippen molar-refractivity contribution in [2.24, 2.45) is 0 Å². The number of esters is 1. The zero-order chi connectivity index (χ0) is 21.1. The summed E-state index contributed by atoms with van der Waals surface area (Å²) in [6.45, 7) is 5.34. The Hall–Kier alpha value is -2.80. The van der Waals surface area contributed by atoms with Crippen LogP contribution in [0.5, 0.6) is 0 Å². The van der Waals surface area contributed by atoms with Gasteiger partial charge in [-0.15, -0.1) is 0 Å². The van der Waals surface area contributed by atoms with Gasteiger partial charge in [0.2, 0.25) is 0 Å². The second-order valence-electron chi connectivity index (χ2n) is 7.07. The van der Waals surface area contributed by atoms with E-state index in [-0.39, 0.29) is 36.7 Å². The number of ether oxygens (including phenoxy) is 1. The highest BCUT2D eigenvalue weighted by Crippen LogP contribution is 2.29. The van der Waals surface area contributed by atoms with Gasteiger partial charge in [-0.1, -0.05) is 17.7 Å². The molecule has 0 unspecified atom stereocenters. The average Bonchev–Trinajstić information content (AvgIpc) is 3.44. The van der Waals surface area contributed by atoms with Crippen LogP contribution in [0.4, 0.5) is 10.5 Å². The van der Waals surface area contributed by atoms with E-state index in [9.17, 15) is 14.4 Å². The third-order valence-corrected chi connectivity index (χ3v) is 5.07. The second-order valence-corrected chi connectivity index (χ2v) is 7.50. The van der Waals surface area contributed by atoms with Gasteiger partial charge in [0.25, 0.3) is 0 Å². The lowest BCUT2D eigenvalue weighted by Crippen LogP contribution is -2.40. The Balaban J connectivity index is 1.77. The molecule has 0 atom stereocenters. The predicted molar refractivity (Wildman–Crippen MR) is 111 cm³/mol. The van der Waals surface area contributed by atoms with Crippen LogP contribution in [0.3, 0.4) is 0 Å². The van der Waals surface area contributed by atoms with Gasteiger partial charge < -0.3 is 19.9 Å². The Kier molecular flexibility index (Phi) is 6.27. The molecule has 2 N–H and O–H groups in total. The number of hydrogen-bond donors (Lipinski definition) is 2. The predicted octanol–water partition coefficient (Wildman–Crippen LogP) is 4.34. The molecule has 29 heavy (non-hydrogen) atoms. The van der Waals surface area contributed by atoms with Crippen LogP contribution in [0.15, 0.2) is 24.3 Å². The molecule has 7 nitrogen and oxygen atoms in total. The topological polar surface area (TPSA) is 91.5 Å². The summed E-state index contributed by atoms with van der Waals surface area (Å²) in [5.41, 5.74) is 2.39. The number of anilines is 1. The number of halogens is 1. The highest BCUT2D eigenvalue weighted by atomic mass is 35.5. The van der Waals surface area contributed by atoms with Crippen LogP contribution in [-0.4, -0.2) is 46.9 Å². The number of carbonyl (C=O) groups is 3. The first-order chi connectivity index (χ1) is 13.8. The molecule has 2 aromatic rings. The number of aromatic nitrogens is 1. The summed E-state index contributed by atoms with van der Waals surface area (Å²) >= 11 is 5.97. The highest BCUT2D eigenvalue weighted by molar-refractivity contribution is 6.30. The maximum Gasteiger partial charge on any atom is 0.355 e. The second kappa shape index (κ2) is 8.69. The molecule has 0 radical (unpaired) electrons. The summed E-state index contributed by atoms with van der Waals surface area (Å²) in [6, 6.07) is 6.54. The van der Waals surface area contributed by atoms with Crippen molar-refractivity contribution < 1.29 is 19.1 Å². The summed E-state index contributed by atoms with van der Waals surface area (Å²) in [5.74, 6) is -0.718. The Morgan fingerprint density at radius 1 is 1.28 bits per heavy atom. The lowest BCUT2D eigenvalue weighted by molar-refractivity contribution is 0.0519. The maximum absolute atomic E-state index is 13.0. The number of ketones is 1. The number of benzene rings is 1. The zero-order valence-corrected chi connectivity index (χ0v) is 17.4. The number of Topliss-reactive ketones (excluding diaryl/α,β-unsaturated/α-hetero) is 1. The molecule has 1 heterocycles. The minimum absolute atomic E-state index is 0.0298. The van der Waals surface area contributed by atoms with Crippen molar-refractivity contribution >= 4 is 35.1 Å². The Bertz CT molecular complexity index is 949. The van der Waals surface area contributed by atoms with Crippen LogP contribution in [0.1, 0.15) is 51.9 Å². The summed E-state index contributed by atoms with van der Waals surface area (Å²) in [4.78, 5) is 42.4. The first-order valence-corrected chi connectivity index (χ1v) is 9.92. The molecule has 3 rings (SSSR count). The van der Waals surface area contributed by atoms with E-state index in [0.717, 1.165) is 12.8 Å². The number of rotatable bonds is 7. The van der Waals surface area contributed by atoms with Crippen LogP contribution in [-0.2, 0) is 4.74 Å². The van der Waals surface area contributed by atoms with E-state index in [4.69, 9.17) is 16.3 Å². The van der Waals surface area contributed by atoms with Crippen LogP contribution < -0.4 is 5.32 Å². The molecule has 8 heteroatoms.